The van der Waals surface area contributed by atoms with Crippen LogP contribution in [0.15, 0.2) is 63.8 Å². The molecular formula is C24H20O2. The molecule has 1 heterocycles. The Morgan fingerprint density at radius 3 is 2.35 bits per heavy atom. The summed E-state index contributed by atoms with van der Waals surface area (Å²) in [4.78, 5) is 12.3. The molecule has 2 heteroatoms. The molecule has 0 bridgehead atoms. The van der Waals surface area contributed by atoms with Gasteiger partial charge in [0.05, 0.1) is 10.9 Å². The van der Waals surface area contributed by atoms with Crippen molar-refractivity contribution in [2.24, 2.45) is 0 Å². The van der Waals surface area contributed by atoms with Gasteiger partial charge in [0.1, 0.15) is 0 Å². The summed E-state index contributed by atoms with van der Waals surface area (Å²) in [5, 5.41) is 1.31. The summed E-state index contributed by atoms with van der Waals surface area (Å²) in [6, 6.07) is 17.1. The highest BCUT2D eigenvalue weighted by Crippen LogP contribution is 2.18. The lowest BCUT2D eigenvalue weighted by Crippen LogP contribution is -2.03. The first-order valence-corrected chi connectivity index (χ1v) is 8.91. The minimum Gasteiger partial charge on any atom is -0.412 e. The minimum atomic E-state index is -0.372. The van der Waals surface area contributed by atoms with Crippen LogP contribution in [0.4, 0.5) is 0 Å². The molecule has 1 aromatic heterocycles. The average molecular weight is 340 g/mol. The highest BCUT2D eigenvalue weighted by atomic mass is 16.4. The molecule has 0 saturated carbocycles. The first-order chi connectivity index (χ1) is 12.8. The van der Waals surface area contributed by atoms with Crippen LogP contribution in [0.1, 0.15) is 49.5 Å². The monoisotopic (exact) mass is 340 g/mol. The largest absolute Gasteiger partial charge is 0.412 e. The molecule has 0 aliphatic heterocycles. The maximum atomic E-state index is 12.3. The van der Waals surface area contributed by atoms with E-state index >= 15 is 0 Å². The summed E-state index contributed by atoms with van der Waals surface area (Å²) >= 11 is 0. The number of hydrogen-bond donors (Lipinski definition) is 0. The van der Waals surface area contributed by atoms with E-state index < -0.39 is 0 Å². The normalized spacial score (nSPS) is 9.88. The van der Waals surface area contributed by atoms with Crippen molar-refractivity contribution in [1.82, 2.24) is 0 Å². The molecule has 2 aromatic carbocycles. The van der Waals surface area contributed by atoms with Gasteiger partial charge in [0.15, 0.2) is 5.76 Å². The van der Waals surface area contributed by atoms with Crippen LogP contribution in [0.2, 0.25) is 0 Å². The Labute approximate surface area is 153 Å². The Morgan fingerprint density at radius 2 is 1.58 bits per heavy atom. The molecule has 3 rings (SSSR count). The zero-order valence-corrected chi connectivity index (χ0v) is 14.8. The SMILES string of the molecule is CCCCCC#Cc1oc(=O)c2ccccc2c1C#Cc1ccccc1. The molecule has 0 radical (unpaired) electrons. The molecule has 0 N–H and O–H groups in total. The van der Waals surface area contributed by atoms with E-state index in [2.05, 4.69) is 30.6 Å². The summed E-state index contributed by atoms with van der Waals surface area (Å²) in [5.41, 5.74) is 1.21. The van der Waals surface area contributed by atoms with Gasteiger partial charge in [0.2, 0.25) is 0 Å². The van der Waals surface area contributed by atoms with Gasteiger partial charge in [0, 0.05) is 17.4 Å². The number of unbranched alkanes of at least 4 members (excludes halogenated alkanes) is 3. The van der Waals surface area contributed by atoms with E-state index in [1.807, 2.05) is 48.5 Å². The molecule has 0 spiro atoms. The van der Waals surface area contributed by atoms with Crippen LogP contribution in [0.5, 0.6) is 0 Å². The van der Waals surface area contributed by atoms with Crippen LogP contribution in [-0.4, -0.2) is 0 Å². The second kappa shape index (κ2) is 8.75. The molecule has 0 amide bonds. The molecule has 0 atom stereocenters. The van der Waals surface area contributed by atoms with Gasteiger partial charge in [-0.25, -0.2) is 4.79 Å². The van der Waals surface area contributed by atoms with E-state index in [1.54, 1.807) is 6.07 Å². The lowest BCUT2D eigenvalue weighted by molar-refractivity contribution is 0.505. The quantitative estimate of drug-likeness (QED) is 0.489. The van der Waals surface area contributed by atoms with E-state index in [0.29, 0.717) is 16.7 Å². The van der Waals surface area contributed by atoms with Crippen LogP contribution >= 0.6 is 0 Å². The van der Waals surface area contributed by atoms with Gasteiger partial charge in [-0.3, -0.25) is 0 Å². The summed E-state index contributed by atoms with van der Waals surface area (Å²) < 4.78 is 5.48. The molecule has 0 aliphatic carbocycles. The molecule has 0 unspecified atom stereocenters. The van der Waals surface area contributed by atoms with Crippen molar-refractivity contribution in [2.75, 3.05) is 0 Å². The Balaban J connectivity index is 2.08. The van der Waals surface area contributed by atoms with Crippen LogP contribution in [0, 0.1) is 23.7 Å². The van der Waals surface area contributed by atoms with E-state index in [0.717, 1.165) is 36.6 Å². The summed E-state index contributed by atoms with van der Waals surface area (Å²) in [6.07, 6.45) is 4.14. The van der Waals surface area contributed by atoms with Gasteiger partial charge in [-0.2, -0.15) is 0 Å². The molecule has 2 nitrogen and oxygen atoms in total. The highest BCUT2D eigenvalue weighted by molar-refractivity contribution is 5.88. The molecule has 0 saturated heterocycles. The summed E-state index contributed by atoms with van der Waals surface area (Å²) in [7, 11) is 0. The molecular weight excluding hydrogens is 320 g/mol. The fraction of sp³-hybridized carbons (Fsp3) is 0.208. The van der Waals surface area contributed by atoms with Crippen LogP contribution in [0.25, 0.3) is 10.8 Å². The standard InChI is InChI=1S/C24H20O2/c1-2-3-4-5-9-16-23-21(18-17-19-12-7-6-8-13-19)20-14-10-11-15-22(20)24(25)26-23/h6-8,10-15H,2-5H2,1H3. The number of benzene rings is 2. The lowest BCUT2D eigenvalue weighted by Gasteiger charge is -2.02. The van der Waals surface area contributed by atoms with Crippen molar-refractivity contribution in [3.8, 4) is 23.7 Å². The summed E-state index contributed by atoms with van der Waals surface area (Å²) in [5.74, 6) is 12.8. The van der Waals surface area contributed by atoms with E-state index in [1.165, 1.54) is 0 Å². The van der Waals surface area contributed by atoms with Crippen LogP contribution in [-0.2, 0) is 0 Å². The third kappa shape index (κ3) is 4.24. The predicted molar refractivity (Wildman–Crippen MR) is 106 cm³/mol. The third-order valence-electron chi connectivity index (χ3n) is 4.05. The van der Waals surface area contributed by atoms with Gasteiger partial charge in [-0.15, -0.1) is 0 Å². The van der Waals surface area contributed by atoms with E-state index in [-0.39, 0.29) is 5.63 Å². The highest BCUT2D eigenvalue weighted by Gasteiger charge is 2.10. The Hall–Kier alpha value is -3.23. The molecule has 128 valence electrons. The summed E-state index contributed by atoms with van der Waals surface area (Å²) in [6.45, 7) is 2.16. The van der Waals surface area contributed by atoms with Crippen LogP contribution in [0.3, 0.4) is 0 Å². The second-order valence-electron chi connectivity index (χ2n) is 6.01. The Bertz CT molecular complexity index is 1070. The average Bonchev–Trinajstić information content (AvgIpc) is 2.68. The molecule has 26 heavy (non-hydrogen) atoms. The lowest BCUT2D eigenvalue weighted by atomic mass is 10.0. The topological polar surface area (TPSA) is 30.2 Å². The van der Waals surface area contributed by atoms with Crippen molar-refractivity contribution < 1.29 is 4.42 Å². The maximum Gasteiger partial charge on any atom is 0.344 e. The minimum absolute atomic E-state index is 0.355. The van der Waals surface area contributed by atoms with Gasteiger partial charge >= 0.3 is 5.63 Å². The molecule has 0 aliphatic rings. The van der Waals surface area contributed by atoms with Crippen molar-refractivity contribution in [3.63, 3.8) is 0 Å². The fourth-order valence-electron chi connectivity index (χ4n) is 2.67. The zero-order valence-electron chi connectivity index (χ0n) is 14.8. The number of rotatable bonds is 3. The van der Waals surface area contributed by atoms with E-state index in [9.17, 15) is 4.79 Å². The van der Waals surface area contributed by atoms with Crippen molar-refractivity contribution >= 4 is 10.8 Å². The van der Waals surface area contributed by atoms with Gasteiger partial charge in [0.25, 0.3) is 0 Å². The zero-order chi connectivity index (χ0) is 18.2. The first-order valence-electron chi connectivity index (χ1n) is 8.91. The van der Waals surface area contributed by atoms with Gasteiger partial charge in [-0.1, -0.05) is 73.9 Å². The maximum absolute atomic E-state index is 12.3. The number of hydrogen-bond acceptors (Lipinski definition) is 2. The third-order valence-corrected chi connectivity index (χ3v) is 4.05. The van der Waals surface area contributed by atoms with Crippen molar-refractivity contribution in [2.45, 2.75) is 32.6 Å². The molecule has 3 aromatic rings. The first kappa shape index (κ1) is 17.6. The van der Waals surface area contributed by atoms with Gasteiger partial charge < -0.3 is 4.42 Å². The predicted octanol–water partition coefficient (Wildman–Crippen LogP) is 5.12. The Morgan fingerprint density at radius 1 is 0.846 bits per heavy atom. The molecule has 0 fully saturated rings. The van der Waals surface area contributed by atoms with Gasteiger partial charge in [-0.05, 0) is 30.5 Å². The van der Waals surface area contributed by atoms with Crippen molar-refractivity contribution in [3.05, 3.63) is 81.9 Å². The van der Waals surface area contributed by atoms with Crippen molar-refractivity contribution in [1.29, 1.82) is 0 Å². The fourth-order valence-corrected chi connectivity index (χ4v) is 2.67. The smallest absolute Gasteiger partial charge is 0.344 e. The van der Waals surface area contributed by atoms with Crippen LogP contribution < -0.4 is 5.63 Å². The van der Waals surface area contributed by atoms with E-state index in [4.69, 9.17) is 4.42 Å². The Kier molecular flexibility index (Phi) is 5.92. The number of fused-ring (bicyclic) bond motifs is 1. The second-order valence-corrected chi connectivity index (χ2v) is 6.01.